The number of hydrogen-bond acceptors (Lipinski definition) is 6. The van der Waals surface area contributed by atoms with Crippen molar-refractivity contribution in [1.82, 2.24) is 0 Å². The largest absolute Gasteiger partial charge is 0.454 e. The molecule has 0 saturated carbocycles. The van der Waals surface area contributed by atoms with Gasteiger partial charge < -0.3 is 10.1 Å². The Bertz CT molecular complexity index is 869. The Morgan fingerprint density at radius 2 is 1.92 bits per heavy atom. The van der Waals surface area contributed by atoms with Gasteiger partial charge in [-0.25, -0.2) is 18.4 Å². The van der Waals surface area contributed by atoms with E-state index in [1.807, 2.05) is 6.92 Å². The Hall–Kier alpha value is -2.62. The Morgan fingerprint density at radius 3 is 2.50 bits per heavy atom. The second-order valence-electron chi connectivity index (χ2n) is 5.52. The number of para-hydroxylation sites is 1. The van der Waals surface area contributed by atoms with Crippen molar-refractivity contribution in [2.24, 2.45) is 5.14 Å². The van der Waals surface area contributed by atoms with Crippen LogP contribution in [0.15, 0.2) is 47.4 Å². The van der Waals surface area contributed by atoms with Crippen LogP contribution in [0, 0.1) is 0 Å². The summed E-state index contributed by atoms with van der Waals surface area (Å²) < 4.78 is 30.0. The number of quaternary nitrogens is 1. The lowest BCUT2D eigenvalue weighted by molar-refractivity contribution is -0.653. The molecule has 0 spiro atoms. The molecule has 0 heterocycles. The molecule has 0 atom stereocenters. The first-order valence-electron chi connectivity index (χ1n) is 8.00. The third-order valence-corrected chi connectivity index (χ3v) is 4.45. The quantitative estimate of drug-likeness (QED) is 0.471. The maximum atomic E-state index is 12.1. The van der Waals surface area contributed by atoms with Gasteiger partial charge in [0.15, 0.2) is 5.75 Å². The molecule has 0 aliphatic heterocycles. The van der Waals surface area contributed by atoms with Crippen molar-refractivity contribution >= 4 is 21.7 Å². The monoisotopic (exact) mass is 380 g/mol. The van der Waals surface area contributed by atoms with Gasteiger partial charge in [-0.2, -0.15) is 5.90 Å². The normalized spacial score (nSPS) is 11.0. The molecule has 0 bridgehead atoms. The second-order valence-corrected chi connectivity index (χ2v) is 7.05. The summed E-state index contributed by atoms with van der Waals surface area (Å²) >= 11 is 0. The molecule has 9 heteroatoms. The maximum absolute atomic E-state index is 12.1. The lowest BCUT2D eigenvalue weighted by Crippen LogP contribution is -2.51. The van der Waals surface area contributed by atoms with E-state index >= 15 is 0 Å². The highest BCUT2D eigenvalue weighted by Gasteiger charge is 2.24. The van der Waals surface area contributed by atoms with Gasteiger partial charge in [-0.15, -0.1) is 0 Å². The number of rotatable bonds is 8. The Kier molecular flexibility index (Phi) is 6.56. The van der Waals surface area contributed by atoms with Crippen molar-refractivity contribution in [2.45, 2.75) is 24.7 Å². The van der Waals surface area contributed by atoms with E-state index < -0.39 is 16.0 Å². The van der Waals surface area contributed by atoms with E-state index in [1.165, 1.54) is 6.07 Å². The van der Waals surface area contributed by atoms with Gasteiger partial charge in [0.2, 0.25) is 10.0 Å². The highest BCUT2D eigenvalue weighted by molar-refractivity contribution is 7.89. The molecule has 8 nitrogen and oxygen atoms in total. The summed E-state index contributed by atoms with van der Waals surface area (Å²) in [5, 5.41) is 8.44. The zero-order chi connectivity index (χ0) is 19.2. The number of anilines is 1. The van der Waals surface area contributed by atoms with Gasteiger partial charge in [0, 0.05) is 6.54 Å². The number of nitrogens with one attached hydrogen (secondary N) is 1. The highest BCUT2D eigenvalue weighted by atomic mass is 32.2. The number of sulfonamides is 1. The van der Waals surface area contributed by atoms with E-state index in [2.05, 4.69) is 16.1 Å². The average Bonchev–Trinajstić information content (AvgIpc) is 2.62. The van der Waals surface area contributed by atoms with Crippen molar-refractivity contribution in [3.8, 4) is 11.5 Å². The predicted octanol–water partition coefficient (Wildman–Crippen LogP) is 1.65. The summed E-state index contributed by atoms with van der Waals surface area (Å²) in [7, 11) is -4.16. The molecular formula is C17H22N3O5S+. The summed E-state index contributed by atoms with van der Waals surface area (Å²) in [6.45, 7) is 2.59. The van der Waals surface area contributed by atoms with Crippen LogP contribution in [0.3, 0.4) is 0 Å². The zero-order valence-corrected chi connectivity index (χ0v) is 15.2. The van der Waals surface area contributed by atoms with Crippen molar-refractivity contribution in [1.29, 1.82) is 0 Å². The molecule has 0 amide bonds. The Labute approximate surface area is 152 Å². The van der Waals surface area contributed by atoms with Crippen molar-refractivity contribution in [2.75, 3.05) is 11.9 Å². The molecular weight excluding hydrogens is 358 g/mol. The van der Waals surface area contributed by atoms with Gasteiger partial charge in [-0.3, -0.25) is 4.84 Å². The number of primary sulfonamides is 1. The van der Waals surface area contributed by atoms with Gasteiger partial charge in [-0.05, 0) is 30.7 Å². The molecule has 2 aromatic carbocycles. The van der Waals surface area contributed by atoms with E-state index in [4.69, 9.17) is 9.88 Å². The number of nitrogens with two attached hydrogens (primary N) is 1. The van der Waals surface area contributed by atoms with Crippen molar-refractivity contribution in [3.63, 3.8) is 0 Å². The summed E-state index contributed by atoms with van der Waals surface area (Å²) in [6, 6.07) is 11.3. The van der Waals surface area contributed by atoms with E-state index in [9.17, 15) is 13.2 Å². The molecule has 2 rings (SSSR count). The molecule has 26 heavy (non-hydrogen) atoms. The number of ether oxygens (including phenoxy) is 1. The van der Waals surface area contributed by atoms with Crippen LogP contribution < -0.4 is 21.1 Å². The topological polar surface area (TPSA) is 135 Å². The molecule has 0 aliphatic rings. The molecule has 0 saturated heterocycles. The zero-order valence-electron chi connectivity index (χ0n) is 14.4. The molecule has 0 fully saturated rings. The minimum atomic E-state index is -4.16. The van der Waals surface area contributed by atoms with Crippen LogP contribution in [0.25, 0.3) is 0 Å². The second kappa shape index (κ2) is 8.65. The summed E-state index contributed by atoms with van der Waals surface area (Å²) in [4.78, 5) is 16.0. The number of unbranched alkanes of at least 4 members (excludes halogenated alkanes) is 1. The van der Waals surface area contributed by atoms with E-state index in [0.717, 1.165) is 18.9 Å². The molecule has 0 aliphatic carbocycles. The smallest absolute Gasteiger partial charge is 0.397 e. The standard InChI is InChI=1S/C17H22N3O5S/c1-2-3-9-20-14-10-12(17(21)25-18)11-15(26(19,22)23)16(14)24-13-7-5-4-6-8-13/h4-8,10-11,20H,2-3,9H2,1,18H3,(H2,19,22,23)/q+1. The van der Waals surface area contributed by atoms with Gasteiger partial charge >= 0.3 is 5.97 Å². The number of carbonyl (C=O) groups excluding carboxylic acids is 1. The van der Waals surface area contributed by atoms with Crippen LogP contribution in [0.5, 0.6) is 11.5 Å². The van der Waals surface area contributed by atoms with Gasteiger partial charge in [0.05, 0.1) is 11.3 Å². The number of carbonyl (C=O) groups is 1. The molecule has 0 radical (unpaired) electrons. The minimum absolute atomic E-state index is 0.00318. The summed E-state index contributed by atoms with van der Waals surface area (Å²) in [6.07, 6.45) is 1.78. The summed E-state index contributed by atoms with van der Waals surface area (Å²) in [5.74, 6) is 2.75. The van der Waals surface area contributed by atoms with Crippen molar-refractivity contribution < 1.29 is 28.7 Å². The minimum Gasteiger partial charge on any atom is -0.454 e. The molecule has 0 unspecified atom stereocenters. The maximum Gasteiger partial charge on any atom is 0.397 e. The summed E-state index contributed by atoms with van der Waals surface area (Å²) in [5.41, 5.74) is 0.331. The lowest BCUT2D eigenvalue weighted by atomic mass is 10.1. The van der Waals surface area contributed by atoms with Crippen LogP contribution in [-0.4, -0.2) is 20.9 Å². The van der Waals surface area contributed by atoms with Crippen LogP contribution in [-0.2, 0) is 14.9 Å². The molecule has 140 valence electrons. The predicted molar refractivity (Wildman–Crippen MR) is 96.0 cm³/mol. The van der Waals surface area contributed by atoms with E-state index in [-0.39, 0.29) is 16.2 Å². The van der Waals surface area contributed by atoms with E-state index in [0.29, 0.717) is 18.0 Å². The fourth-order valence-electron chi connectivity index (χ4n) is 2.26. The SMILES string of the molecule is CCCCNc1cc(C(=O)O[NH3+])cc(S(N)(=O)=O)c1Oc1ccccc1. The third-order valence-electron chi connectivity index (χ3n) is 3.54. The van der Waals surface area contributed by atoms with Crippen LogP contribution in [0.1, 0.15) is 30.1 Å². The first kappa shape index (κ1) is 19.7. The fraction of sp³-hybridized carbons (Fsp3) is 0.235. The average molecular weight is 380 g/mol. The van der Waals surface area contributed by atoms with Crippen molar-refractivity contribution in [3.05, 3.63) is 48.0 Å². The molecule has 2 aromatic rings. The molecule has 0 aromatic heterocycles. The highest BCUT2D eigenvalue weighted by Crippen LogP contribution is 2.37. The van der Waals surface area contributed by atoms with Crippen LogP contribution in [0.2, 0.25) is 0 Å². The van der Waals surface area contributed by atoms with Gasteiger partial charge in [0.1, 0.15) is 10.6 Å². The van der Waals surface area contributed by atoms with Crippen LogP contribution in [0.4, 0.5) is 5.69 Å². The Balaban J connectivity index is 2.60. The fourth-order valence-corrected chi connectivity index (χ4v) is 2.96. The first-order valence-corrected chi connectivity index (χ1v) is 9.55. The Morgan fingerprint density at radius 1 is 1.23 bits per heavy atom. The first-order chi connectivity index (χ1) is 12.4. The molecule has 6 N–H and O–H groups in total. The van der Waals surface area contributed by atoms with Gasteiger partial charge in [-0.1, -0.05) is 31.5 Å². The van der Waals surface area contributed by atoms with E-state index in [1.54, 1.807) is 30.3 Å². The van der Waals surface area contributed by atoms with Crippen LogP contribution >= 0.6 is 0 Å². The lowest BCUT2D eigenvalue weighted by Gasteiger charge is -2.17. The van der Waals surface area contributed by atoms with Gasteiger partial charge in [0.25, 0.3) is 0 Å². The number of benzene rings is 2. The number of hydrogen-bond donors (Lipinski definition) is 3. The third kappa shape index (κ3) is 4.94.